The molecule has 170 valence electrons. The summed E-state index contributed by atoms with van der Waals surface area (Å²) in [5.74, 6) is 0.991. The van der Waals surface area contributed by atoms with Crippen molar-refractivity contribution in [1.29, 1.82) is 0 Å². The number of anilines is 1. The summed E-state index contributed by atoms with van der Waals surface area (Å²) in [7, 11) is 0. The van der Waals surface area contributed by atoms with Gasteiger partial charge in [-0.05, 0) is 67.9 Å². The predicted molar refractivity (Wildman–Crippen MR) is 123 cm³/mol. The summed E-state index contributed by atoms with van der Waals surface area (Å²) in [6.07, 6.45) is 0.664. The van der Waals surface area contributed by atoms with Crippen LogP contribution >= 0.6 is 0 Å². The van der Waals surface area contributed by atoms with Crippen LogP contribution in [0.4, 0.5) is 15.0 Å². The van der Waals surface area contributed by atoms with Crippen molar-refractivity contribution in [2.75, 3.05) is 11.9 Å². The van der Waals surface area contributed by atoms with Crippen molar-refractivity contribution in [3.05, 3.63) is 78.2 Å². The Morgan fingerprint density at radius 2 is 1.94 bits per heavy atom. The smallest absolute Gasteiger partial charge is 0.404 e. The van der Waals surface area contributed by atoms with Gasteiger partial charge in [-0.2, -0.15) is 0 Å². The van der Waals surface area contributed by atoms with E-state index in [1.807, 2.05) is 49.4 Å². The molecule has 4 aromatic rings. The van der Waals surface area contributed by atoms with Gasteiger partial charge in [-0.1, -0.05) is 12.1 Å². The minimum absolute atomic E-state index is 0.132. The summed E-state index contributed by atoms with van der Waals surface area (Å²) in [5, 5.41) is 19.1. The van der Waals surface area contributed by atoms with Gasteiger partial charge in [-0.25, -0.2) is 18.7 Å². The third-order valence-electron chi connectivity index (χ3n) is 5.10. The van der Waals surface area contributed by atoms with Gasteiger partial charge in [0.1, 0.15) is 24.0 Å². The molecule has 2 aromatic heterocycles. The van der Waals surface area contributed by atoms with Crippen molar-refractivity contribution in [3.8, 4) is 17.0 Å². The Morgan fingerprint density at radius 3 is 2.67 bits per heavy atom. The van der Waals surface area contributed by atoms with Gasteiger partial charge >= 0.3 is 6.09 Å². The van der Waals surface area contributed by atoms with E-state index in [2.05, 4.69) is 20.7 Å². The molecule has 2 heterocycles. The third kappa shape index (κ3) is 5.38. The molecule has 9 heteroatoms. The fourth-order valence-electron chi connectivity index (χ4n) is 3.42. The molecule has 4 rings (SSSR count). The zero-order valence-electron chi connectivity index (χ0n) is 18.2. The summed E-state index contributed by atoms with van der Waals surface area (Å²) in [4.78, 5) is 15.1. The number of rotatable bonds is 8. The minimum atomic E-state index is -1.08. The Balaban J connectivity index is 1.49. The zero-order valence-corrected chi connectivity index (χ0v) is 18.2. The lowest BCUT2D eigenvalue weighted by Gasteiger charge is -2.15. The molecular weight excluding hydrogens is 425 g/mol. The number of aromatic nitrogens is 3. The van der Waals surface area contributed by atoms with Gasteiger partial charge in [0.15, 0.2) is 5.65 Å². The first-order valence-corrected chi connectivity index (χ1v) is 10.5. The van der Waals surface area contributed by atoms with Crippen molar-refractivity contribution in [2.45, 2.75) is 25.9 Å². The highest BCUT2D eigenvalue weighted by atomic mass is 19.1. The van der Waals surface area contributed by atoms with Crippen LogP contribution in [0.5, 0.6) is 5.75 Å². The molecular formula is C24H24FN5O3. The van der Waals surface area contributed by atoms with Crippen LogP contribution in [0.25, 0.3) is 16.9 Å². The summed E-state index contributed by atoms with van der Waals surface area (Å²) in [5.41, 5.74) is 3.22. The van der Waals surface area contributed by atoms with Gasteiger partial charge in [-0.15, -0.1) is 5.10 Å². The van der Waals surface area contributed by atoms with E-state index in [4.69, 9.17) is 9.84 Å². The molecule has 2 atom stereocenters. The fraction of sp³-hybridized carbons (Fsp3) is 0.208. The Hall–Kier alpha value is -4.14. The topological polar surface area (TPSA) is 101 Å². The number of hydrogen-bond donors (Lipinski definition) is 3. The quantitative estimate of drug-likeness (QED) is 0.359. The summed E-state index contributed by atoms with van der Waals surface area (Å²) in [6, 6.07) is 17.1. The number of carbonyl (C=O) groups is 1. The molecule has 0 radical (unpaired) electrons. The van der Waals surface area contributed by atoms with E-state index >= 15 is 0 Å². The lowest BCUT2D eigenvalue weighted by molar-refractivity contribution is 0.183. The highest BCUT2D eigenvalue weighted by Gasteiger charge is 2.12. The SMILES string of the molecule is C[C@H](COc1ccc(-c2cnc3ccc(N[C@H](C)c4cccc(F)c4)nn23)cc1)NC(=O)O. The lowest BCUT2D eigenvalue weighted by atomic mass is 10.1. The molecule has 0 spiro atoms. The second kappa shape index (κ2) is 9.56. The average Bonchev–Trinajstić information content (AvgIpc) is 3.21. The molecule has 33 heavy (non-hydrogen) atoms. The highest BCUT2D eigenvalue weighted by molar-refractivity contribution is 5.65. The van der Waals surface area contributed by atoms with Crippen LogP contribution in [-0.4, -0.2) is 38.4 Å². The standard InChI is InChI=1S/C24H24FN5O3/c1-15(27-24(31)32)14-33-20-8-6-17(7-9-20)21-13-26-23-11-10-22(29-30(21)23)28-16(2)18-4-3-5-19(25)12-18/h3-13,15-16,27H,14H2,1-2H3,(H,28,29)(H,31,32)/t15-,16-/m1/s1. The van der Waals surface area contributed by atoms with Crippen LogP contribution in [0.2, 0.25) is 0 Å². The maximum absolute atomic E-state index is 13.5. The Labute approximate surface area is 190 Å². The normalized spacial score (nSPS) is 12.8. The molecule has 0 saturated carbocycles. The first kappa shape index (κ1) is 22.1. The van der Waals surface area contributed by atoms with Crippen LogP contribution in [0, 0.1) is 5.82 Å². The number of ether oxygens (including phenoxy) is 1. The second-order valence-electron chi connectivity index (χ2n) is 7.74. The zero-order chi connectivity index (χ0) is 23.4. The van der Waals surface area contributed by atoms with Crippen molar-refractivity contribution in [3.63, 3.8) is 0 Å². The summed E-state index contributed by atoms with van der Waals surface area (Å²) in [6.45, 7) is 3.90. The van der Waals surface area contributed by atoms with E-state index in [1.54, 1.807) is 23.7 Å². The minimum Gasteiger partial charge on any atom is -0.491 e. The summed E-state index contributed by atoms with van der Waals surface area (Å²) < 4.78 is 20.9. The average molecular weight is 449 g/mol. The number of nitrogens with zero attached hydrogens (tertiary/aromatic N) is 3. The molecule has 0 unspecified atom stereocenters. The first-order chi connectivity index (χ1) is 15.9. The maximum atomic E-state index is 13.5. The molecule has 0 saturated heterocycles. The molecule has 8 nitrogen and oxygen atoms in total. The van der Waals surface area contributed by atoms with Gasteiger partial charge in [0.2, 0.25) is 0 Å². The number of benzene rings is 2. The van der Waals surface area contributed by atoms with Crippen molar-refractivity contribution < 1.29 is 19.0 Å². The summed E-state index contributed by atoms with van der Waals surface area (Å²) >= 11 is 0. The lowest BCUT2D eigenvalue weighted by Crippen LogP contribution is -2.35. The van der Waals surface area contributed by atoms with Gasteiger partial charge in [0.25, 0.3) is 0 Å². The van der Waals surface area contributed by atoms with E-state index in [-0.39, 0.29) is 24.5 Å². The number of carboxylic acid groups (broad SMARTS) is 1. The van der Waals surface area contributed by atoms with Crippen molar-refractivity contribution in [2.24, 2.45) is 0 Å². The number of imidazole rings is 1. The number of halogens is 1. The Bertz CT molecular complexity index is 1260. The number of nitrogens with one attached hydrogen (secondary N) is 2. The van der Waals surface area contributed by atoms with E-state index < -0.39 is 6.09 Å². The van der Waals surface area contributed by atoms with Gasteiger partial charge in [0, 0.05) is 5.56 Å². The molecule has 0 aliphatic heterocycles. The molecule has 2 aromatic carbocycles. The van der Waals surface area contributed by atoms with Crippen molar-refractivity contribution >= 4 is 17.6 Å². The Kier molecular flexibility index (Phi) is 6.39. The van der Waals surface area contributed by atoms with Crippen LogP contribution in [0.1, 0.15) is 25.5 Å². The number of hydrogen-bond acceptors (Lipinski definition) is 5. The monoisotopic (exact) mass is 449 g/mol. The maximum Gasteiger partial charge on any atom is 0.404 e. The molecule has 0 fully saturated rings. The van der Waals surface area contributed by atoms with E-state index in [1.165, 1.54) is 12.1 Å². The predicted octanol–water partition coefficient (Wildman–Crippen LogP) is 4.74. The van der Waals surface area contributed by atoms with E-state index in [0.717, 1.165) is 16.8 Å². The number of fused-ring (bicyclic) bond motifs is 1. The van der Waals surface area contributed by atoms with Gasteiger partial charge < -0.3 is 20.5 Å². The fourth-order valence-corrected chi connectivity index (χ4v) is 3.42. The third-order valence-corrected chi connectivity index (χ3v) is 5.10. The van der Waals surface area contributed by atoms with Gasteiger partial charge in [0.05, 0.1) is 24.0 Å². The van der Waals surface area contributed by atoms with E-state index in [0.29, 0.717) is 17.2 Å². The molecule has 0 aliphatic rings. The second-order valence-corrected chi connectivity index (χ2v) is 7.74. The Morgan fingerprint density at radius 1 is 1.15 bits per heavy atom. The van der Waals surface area contributed by atoms with Crippen LogP contribution in [0.15, 0.2) is 66.9 Å². The van der Waals surface area contributed by atoms with Crippen molar-refractivity contribution in [1.82, 2.24) is 19.9 Å². The van der Waals surface area contributed by atoms with Crippen LogP contribution in [-0.2, 0) is 0 Å². The molecule has 0 aliphatic carbocycles. The first-order valence-electron chi connectivity index (χ1n) is 10.5. The van der Waals surface area contributed by atoms with E-state index in [9.17, 15) is 9.18 Å². The molecule has 1 amide bonds. The van der Waals surface area contributed by atoms with Crippen LogP contribution in [0.3, 0.4) is 0 Å². The van der Waals surface area contributed by atoms with Gasteiger partial charge in [-0.3, -0.25) is 0 Å². The molecule has 3 N–H and O–H groups in total. The van der Waals surface area contributed by atoms with Crippen LogP contribution < -0.4 is 15.4 Å². The largest absolute Gasteiger partial charge is 0.491 e. The number of amides is 1. The highest BCUT2D eigenvalue weighted by Crippen LogP contribution is 2.25. The molecule has 0 bridgehead atoms.